The topological polar surface area (TPSA) is 118 Å². The van der Waals surface area contributed by atoms with Crippen molar-refractivity contribution in [2.75, 3.05) is 4.72 Å². The van der Waals surface area contributed by atoms with E-state index in [0.717, 1.165) is 0 Å². The molecule has 0 saturated heterocycles. The second-order valence-electron chi connectivity index (χ2n) is 4.61. The van der Waals surface area contributed by atoms with Crippen LogP contribution >= 0.6 is 0 Å². The molecule has 0 radical (unpaired) electrons. The second-order valence-corrected chi connectivity index (χ2v) is 6.23. The SMILES string of the molecule is Cc1cc(C)c(S(=O)(=O)Nc2ncc[nH]2)c(C)c1[N+](=O)[O-]. The molecule has 2 aromatic rings. The lowest BCUT2D eigenvalue weighted by Gasteiger charge is -2.13. The fourth-order valence-electron chi connectivity index (χ4n) is 2.35. The first-order valence-electron chi connectivity index (χ1n) is 6.01. The lowest BCUT2D eigenvalue weighted by atomic mass is 10.1. The van der Waals surface area contributed by atoms with Gasteiger partial charge in [0.1, 0.15) is 4.90 Å². The van der Waals surface area contributed by atoms with Gasteiger partial charge in [0.05, 0.1) is 4.92 Å². The molecule has 0 aliphatic rings. The number of aromatic amines is 1. The number of anilines is 1. The minimum Gasteiger partial charge on any atom is -0.330 e. The van der Waals surface area contributed by atoms with Crippen LogP contribution in [-0.4, -0.2) is 23.3 Å². The van der Waals surface area contributed by atoms with Crippen molar-refractivity contribution in [2.45, 2.75) is 25.7 Å². The summed E-state index contributed by atoms with van der Waals surface area (Å²) < 4.78 is 27.1. The van der Waals surface area contributed by atoms with Crippen LogP contribution in [0, 0.1) is 30.9 Å². The Kier molecular flexibility index (Phi) is 3.69. The van der Waals surface area contributed by atoms with Crippen LogP contribution in [0.5, 0.6) is 0 Å². The van der Waals surface area contributed by atoms with E-state index in [-0.39, 0.29) is 22.1 Å². The molecule has 1 aromatic carbocycles. The van der Waals surface area contributed by atoms with Crippen LogP contribution in [0.2, 0.25) is 0 Å². The summed E-state index contributed by atoms with van der Waals surface area (Å²) >= 11 is 0. The predicted octanol–water partition coefficient (Wildman–Crippen LogP) is 2.04. The van der Waals surface area contributed by atoms with Crippen LogP contribution in [0.4, 0.5) is 11.6 Å². The van der Waals surface area contributed by atoms with Gasteiger partial charge in [-0.25, -0.2) is 18.1 Å². The van der Waals surface area contributed by atoms with Crippen LogP contribution in [-0.2, 0) is 10.0 Å². The second kappa shape index (κ2) is 5.17. The standard InChI is InChI=1S/C12H14N4O4S/c1-7-6-8(2)11(9(3)10(7)16(17)18)21(19,20)15-12-13-4-5-14-12/h4-6H,1-3H3,(H2,13,14,15). The number of nitro benzene ring substituents is 1. The Morgan fingerprint density at radius 3 is 2.48 bits per heavy atom. The summed E-state index contributed by atoms with van der Waals surface area (Å²) in [6.45, 7) is 4.60. The number of imidazole rings is 1. The molecule has 0 fully saturated rings. The van der Waals surface area contributed by atoms with E-state index in [1.54, 1.807) is 13.8 Å². The molecule has 0 unspecified atom stereocenters. The Hall–Kier alpha value is -2.42. The highest BCUT2D eigenvalue weighted by molar-refractivity contribution is 7.92. The molecule has 0 spiro atoms. The van der Waals surface area contributed by atoms with Gasteiger partial charge < -0.3 is 4.98 Å². The van der Waals surface area contributed by atoms with Crippen LogP contribution in [0.25, 0.3) is 0 Å². The van der Waals surface area contributed by atoms with Gasteiger partial charge in [-0.1, -0.05) is 0 Å². The predicted molar refractivity (Wildman–Crippen MR) is 76.7 cm³/mol. The van der Waals surface area contributed by atoms with Crippen molar-refractivity contribution in [1.29, 1.82) is 0 Å². The van der Waals surface area contributed by atoms with Gasteiger partial charge in [0, 0.05) is 23.5 Å². The molecule has 0 atom stereocenters. The molecule has 0 bridgehead atoms. The average molecular weight is 310 g/mol. The number of nitro groups is 1. The van der Waals surface area contributed by atoms with E-state index in [2.05, 4.69) is 14.7 Å². The molecule has 1 aromatic heterocycles. The summed E-state index contributed by atoms with van der Waals surface area (Å²) in [5.41, 5.74) is 0.776. The van der Waals surface area contributed by atoms with E-state index in [0.29, 0.717) is 11.1 Å². The summed E-state index contributed by atoms with van der Waals surface area (Å²) in [6.07, 6.45) is 2.87. The minimum atomic E-state index is -3.97. The number of nitrogens with one attached hydrogen (secondary N) is 2. The van der Waals surface area contributed by atoms with E-state index in [1.165, 1.54) is 25.4 Å². The molecule has 1 heterocycles. The first-order valence-corrected chi connectivity index (χ1v) is 7.49. The third-order valence-corrected chi connectivity index (χ3v) is 4.67. The maximum absolute atomic E-state index is 12.4. The molecular formula is C12H14N4O4S. The van der Waals surface area contributed by atoms with Gasteiger partial charge in [-0.3, -0.25) is 10.1 Å². The molecule has 112 valence electrons. The smallest absolute Gasteiger partial charge is 0.276 e. The van der Waals surface area contributed by atoms with Gasteiger partial charge in [0.25, 0.3) is 15.7 Å². The summed E-state index contributed by atoms with van der Waals surface area (Å²) in [5, 5.41) is 11.1. The van der Waals surface area contributed by atoms with E-state index >= 15 is 0 Å². The summed E-state index contributed by atoms with van der Waals surface area (Å²) in [5.74, 6) is 0.0528. The van der Waals surface area contributed by atoms with Crippen molar-refractivity contribution < 1.29 is 13.3 Å². The zero-order valence-electron chi connectivity index (χ0n) is 11.7. The van der Waals surface area contributed by atoms with Gasteiger partial charge in [-0.05, 0) is 32.4 Å². The van der Waals surface area contributed by atoms with Gasteiger partial charge in [0.15, 0.2) is 0 Å². The summed E-state index contributed by atoms with van der Waals surface area (Å²) in [7, 11) is -3.97. The van der Waals surface area contributed by atoms with E-state index in [4.69, 9.17) is 0 Å². The Balaban J connectivity index is 2.63. The zero-order valence-corrected chi connectivity index (χ0v) is 12.5. The number of sulfonamides is 1. The van der Waals surface area contributed by atoms with Crippen molar-refractivity contribution in [1.82, 2.24) is 9.97 Å². The number of H-pyrrole nitrogens is 1. The molecule has 8 nitrogen and oxygen atoms in total. The van der Waals surface area contributed by atoms with Crippen LogP contribution in [0.3, 0.4) is 0 Å². The highest BCUT2D eigenvalue weighted by Crippen LogP contribution is 2.32. The Morgan fingerprint density at radius 2 is 1.95 bits per heavy atom. The fourth-order valence-corrected chi connectivity index (χ4v) is 3.80. The van der Waals surface area contributed by atoms with Gasteiger partial charge in [0.2, 0.25) is 5.95 Å². The summed E-state index contributed by atoms with van der Waals surface area (Å²) in [4.78, 5) is 16.8. The number of rotatable bonds is 4. The van der Waals surface area contributed by atoms with Crippen LogP contribution in [0.1, 0.15) is 16.7 Å². The number of nitrogens with zero attached hydrogens (tertiary/aromatic N) is 2. The molecular weight excluding hydrogens is 296 g/mol. The van der Waals surface area contributed by atoms with Crippen molar-refractivity contribution in [3.63, 3.8) is 0 Å². The Morgan fingerprint density at radius 1 is 1.29 bits per heavy atom. The quantitative estimate of drug-likeness (QED) is 0.661. The maximum atomic E-state index is 12.4. The highest BCUT2D eigenvalue weighted by atomic mass is 32.2. The first kappa shape index (κ1) is 15.0. The zero-order chi connectivity index (χ0) is 15.8. The third kappa shape index (κ3) is 2.72. The van der Waals surface area contributed by atoms with Crippen LogP contribution in [0.15, 0.2) is 23.4 Å². The molecule has 0 saturated carbocycles. The number of aryl methyl sites for hydroxylation is 2. The normalized spacial score (nSPS) is 11.4. The largest absolute Gasteiger partial charge is 0.330 e. The van der Waals surface area contributed by atoms with Gasteiger partial charge in [-0.15, -0.1) is 0 Å². The highest BCUT2D eigenvalue weighted by Gasteiger charge is 2.28. The molecule has 9 heteroatoms. The molecule has 2 rings (SSSR count). The van der Waals surface area contributed by atoms with E-state index in [1.807, 2.05) is 0 Å². The number of hydrogen-bond acceptors (Lipinski definition) is 5. The molecule has 2 N–H and O–H groups in total. The number of benzene rings is 1. The van der Waals surface area contributed by atoms with Gasteiger partial charge in [-0.2, -0.15) is 0 Å². The third-order valence-electron chi connectivity index (χ3n) is 3.04. The molecule has 0 aliphatic heterocycles. The monoisotopic (exact) mass is 310 g/mol. The maximum Gasteiger partial charge on any atom is 0.276 e. The average Bonchev–Trinajstić information content (AvgIpc) is 2.78. The van der Waals surface area contributed by atoms with Crippen molar-refractivity contribution in [3.8, 4) is 0 Å². The fraction of sp³-hybridized carbons (Fsp3) is 0.250. The molecule has 0 amide bonds. The minimum absolute atomic E-state index is 0.0528. The Labute approximate surface area is 121 Å². The summed E-state index contributed by atoms with van der Waals surface area (Å²) in [6, 6.07) is 1.49. The molecule has 21 heavy (non-hydrogen) atoms. The van der Waals surface area contributed by atoms with Crippen LogP contribution < -0.4 is 4.72 Å². The van der Waals surface area contributed by atoms with Crippen molar-refractivity contribution in [3.05, 3.63) is 45.3 Å². The number of hydrogen-bond donors (Lipinski definition) is 2. The lowest BCUT2D eigenvalue weighted by molar-refractivity contribution is -0.386. The lowest BCUT2D eigenvalue weighted by Crippen LogP contribution is -2.17. The van der Waals surface area contributed by atoms with Gasteiger partial charge >= 0.3 is 0 Å². The number of aromatic nitrogens is 2. The Bertz CT molecular complexity index is 797. The molecule has 0 aliphatic carbocycles. The first-order chi connectivity index (χ1) is 9.74. The van der Waals surface area contributed by atoms with E-state index in [9.17, 15) is 18.5 Å². The van der Waals surface area contributed by atoms with Crippen molar-refractivity contribution >= 4 is 21.7 Å². The van der Waals surface area contributed by atoms with Crippen molar-refractivity contribution in [2.24, 2.45) is 0 Å². The van der Waals surface area contributed by atoms with E-state index < -0.39 is 14.9 Å².